The zero-order valence-corrected chi connectivity index (χ0v) is 11.4. The molecule has 2 atom stereocenters. The van der Waals surface area contributed by atoms with E-state index in [1.165, 1.54) is 43.4 Å². The number of nitrogens with zero attached hydrogens (tertiary/aromatic N) is 1. The number of nitrogen functional groups attached to an aromatic ring is 1. The molecule has 0 radical (unpaired) electrons. The van der Waals surface area contributed by atoms with Crippen LogP contribution < -0.4 is 5.73 Å². The lowest BCUT2D eigenvalue weighted by Crippen LogP contribution is -2.41. The highest BCUT2D eigenvalue weighted by Crippen LogP contribution is 2.31. The van der Waals surface area contributed by atoms with Crippen LogP contribution in [0.2, 0.25) is 0 Å². The predicted molar refractivity (Wildman–Crippen MR) is 76.4 cm³/mol. The molecule has 1 aromatic carbocycles. The zero-order valence-electron chi connectivity index (χ0n) is 11.4. The average Bonchev–Trinajstić information content (AvgIpc) is 2.39. The second kappa shape index (κ2) is 4.93. The van der Waals surface area contributed by atoms with Gasteiger partial charge in [-0.25, -0.2) is 0 Å². The van der Waals surface area contributed by atoms with Gasteiger partial charge in [0.2, 0.25) is 0 Å². The first-order valence-electron chi connectivity index (χ1n) is 7.34. The Morgan fingerprint density at radius 3 is 3.00 bits per heavy atom. The molecule has 0 amide bonds. The predicted octanol–water partition coefficient (Wildman–Crippen LogP) is 3.21. The maximum Gasteiger partial charge on any atom is 0.0350 e. The second-order valence-electron chi connectivity index (χ2n) is 6.13. The first kappa shape index (κ1) is 12.0. The molecule has 1 aliphatic carbocycles. The number of anilines is 1. The number of rotatable bonds is 1. The highest BCUT2D eigenvalue weighted by atomic mass is 15.2. The summed E-state index contributed by atoms with van der Waals surface area (Å²) in [7, 11) is 0. The van der Waals surface area contributed by atoms with Gasteiger partial charge in [-0.1, -0.05) is 31.9 Å². The van der Waals surface area contributed by atoms with Crippen LogP contribution in [-0.4, -0.2) is 17.5 Å². The van der Waals surface area contributed by atoms with Gasteiger partial charge in [-0.2, -0.15) is 0 Å². The van der Waals surface area contributed by atoms with Gasteiger partial charge in [-0.3, -0.25) is 4.90 Å². The Kier molecular flexibility index (Phi) is 3.29. The summed E-state index contributed by atoms with van der Waals surface area (Å²) in [4.78, 5) is 2.69. The minimum Gasteiger partial charge on any atom is -0.398 e. The van der Waals surface area contributed by atoms with Crippen LogP contribution in [0.5, 0.6) is 0 Å². The molecule has 1 heterocycles. The van der Waals surface area contributed by atoms with Gasteiger partial charge in [0, 0.05) is 24.8 Å². The Labute approximate surface area is 110 Å². The highest BCUT2D eigenvalue weighted by molar-refractivity contribution is 5.51. The third-order valence-electron chi connectivity index (χ3n) is 4.76. The standard InChI is InChI=1S/C16H24N2/c1-12-4-2-6-14(10-12)18-9-8-15-13(11-18)5-3-7-16(15)17/h3,5,7,12,14H,2,4,6,8-11,17H2,1H3. The quantitative estimate of drug-likeness (QED) is 0.769. The summed E-state index contributed by atoms with van der Waals surface area (Å²) in [5.41, 5.74) is 9.92. The van der Waals surface area contributed by atoms with Crippen molar-refractivity contribution in [2.45, 2.75) is 51.6 Å². The number of fused-ring (bicyclic) bond motifs is 1. The number of nitrogens with two attached hydrogens (primary N) is 1. The molecule has 0 bridgehead atoms. The summed E-state index contributed by atoms with van der Waals surface area (Å²) < 4.78 is 0. The van der Waals surface area contributed by atoms with E-state index < -0.39 is 0 Å². The van der Waals surface area contributed by atoms with Gasteiger partial charge in [0.25, 0.3) is 0 Å². The average molecular weight is 244 g/mol. The summed E-state index contributed by atoms with van der Waals surface area (Å²) in [6, 6.07) is 7.20. The van der Waals surface area contributed by atoms with Gasteiger partial charge < -0.3 is 5.73 Å². The fraction of sp³-hybridized carbons (Fsp3) is 0.625. The lowest BCUT2D eigenvalue weighted by Gasteiger charge is -2.39. The Hall–Kier alpha value is -1.02. The summed E-state index contributed by atoms with van der Waals surface area (Å²) in [6.07, 6.45) is 6.74. The minimum atomic E-state index is 0.809. The molecular formula is C16H24N2. The molecular weight excluding hydrogens is 220 g/mol. The van der Waals surface area contributed by atoms with Crippen LogP contribution in [0.1, 0.15) is 43.7 Å². The van der Waals surface area contributed by atoms with E-state index >= 15 is 0 Å². The SMILES string of the molecule is CC1CCCC(N2CCc3c(N)cccc3C2)C1. The minimum absolute atomic E-state index is 0.809. The van der Waals surface area contributed by atoms with E-state index in [-0.39, 0.29) is 0 Å². The number of hydrogen-bond acceptors (Lipinski definition) is 2. The third kappa shape index (κ3) is 2.26. The number of benzene rings is 1. The van der Waals surface area contributed by atoms with E-state index in [0.29, 0.717) is 0 Å². The van der Waals surface area contributed by atoms with Crippen LogP contribution >= 0.6 is 0 Å². The fourth-order valence-corrected chi connectivity index (χ4v) is 3.71. The summed E-state index contributed by atoms with van der Waals surface area (Å²) in [5, 5.41) is 0. The van der Waals surface area contributed by atoms with E-state index in [0.717, 1.165) is 30.6 Å². The smallest absolute Gasteiger partial charge is 0.0350 e. The molecule has 0 aromatic heterocycles. The molecule has 98 valence electrons. The van der Waals surface area contributed by atoms with E-state index in [4.69, 9.17) is 5.73 Å². The van der Waals surface area contributed by atoms with Crippen LogP contribution in [0, 0.1) is 5.92 Å². The zero-order chi connectivity index (χ0) is 12.5. The molecule has 1 aromatic rings. The Morgan fingerprint density at radius 2 is 2.17 bits per heavy atom. The normalized spacial score (nSPS) is 28.9. The topological polar surface area (TPSA) is 29.3 Å². The van der Waals surface area contributed by atoms with Crippen molar-refractivity contribution in [3.63, 3.8) is 0 Å². The molecule has 18 heavy (non-hydrogen) atoms. The van der Waals surface area contributed by atoms with Crippen molar-refractivity contribution in [1.29, 1.82) is 0 Å². The van der Waals surface area contributed by atoms with Crippen molar-refractivity contribution in [2.24, 2.45) is 5.92 Å². The molecule has 0 spiro atoms. The van der Waals surface area contributed by atoms with Crippen LogP contribution in [0.4, 0.5) is 5.69 Å². The Morgan fingerprint density at radius 1 is 1.28 bits per heavy atom. The van der Waals surface area contributed by atoms with Crippen molar-refractivity contribution >= 4 is 5.69 Å². The first-order chi connectivity index (χ1) is 8.74. The van der Waals surface area contributed by atoms with Crippen LogP contribution in [-0.2, 0) is 13.0 Å². The monoisotopic (exact) mass is 244 g/mol. The van der Waals surface area contributed by atoms with E-state index in [1.807, 2.05) is 6.07 Å². The van der Waals surface area contributed by atoms with E-state index in [1.54, 1.807) is 0 Å². The van der Waals surface area contributed by atoms with Crippen molar-refractivity contribution in [1.82, 2.24) is 4.90 Å². The Balaban J connectivity index is 1.74. The molecule has 2 unspecified atom stereocenters. The molecule has 2 heteroatoms. The van der Waals surface area contributed by atoms with Crippen LogP contribution in [0.15, 0.2) is 18.2 Å². The summed E-state index contributed by atoms with van der Waals surface area (Å²) >= 11 is 0. The number of hydrogen-bond donors (Lipinski definition) is 1. The van der Waals surface area contributed by atoms with Crippen LogP contribution in [0.3, 0.4) is 0 Å². The molecule has 0 saturated heterocycles. The van der Waals surface area contributed by atoms with Gasteiger partial charge in [-0.15, -0.1) is 0 Å². The van der Waals surface area contributed by atoms with Crippen molar-refractivity contribution in [3.8, 4) is 0 Å². The third-order valence-corrected chi connectivity index (χ3v) is 4.76. The molecule has 2 nitrogen and oxygen atoms in total. The summed E-state index contributed by atoms with van der Waals surface area (Å²) in [6.45, 7) is 4.71. The van der Waals surface area contributed by atoms with Crippen molar-refractivity contribution in [2.75, 3.05) is 12.3 Å². The van der Waals surface area contributed by atoms with Gasteiger partial charge in [-0.05, 0) is 42.4 Å². The molecule has 3 rings (SSSR count). The van der Waals surface area contributed by atoms with Gasteiger partial charge in [0.05, 0.1) is 0 Å². The lowest BCUT2D eigenvalue weighted by atomic mass is 9.85. The highest BCUT2D eigenvalue weighted by Gasteiger charge is 2.27. The Bertz CT molecular complexity index is 427. The van der Waals surface area contributed by atoms with E-state index in [9.17, 15) is 0 Å². The molecule has 2 aliphatic rings. The molecule has 2 N–H and O–H groups in total. The second-order valence-corrected chi connectivity index (χ2v) is 6.13. The largest absolute Gasteiger partial charge is 0.398 e. The fourth-order valence-electron chi connectivity index (χ4n) is 3.71. The maximum atomic E-state index is 6.07. The van der Waals surface area contributed by atoms with Gasteiger partial charge in [0.15, 0.2) is 0 Å². The summed E-state index contributed by atoms with van der Waals surface area (Å²) in [5.74, 6) is 0.908. The molecule has 1 aliphatic heterocycles. The molecule has 1 saturated carbocycles. The first-order valence-corrected chi connectivity index (χ1v) is 7.34. The lowest BCUT2D eigenvalue weighted by molar-refractivity contribution is 0.121. The maximum absolute atomic E-state index is 6.07. The van der Waals surface area contributed by atoms with Gasteiger partial charge >= 0.3 is 0 Å². The molecule has 1 fully saturated rings. The van der Waals surface area contributed by atoms with Crippen LogP contribution in [0.25, 0.3) is 0 Å². The van der Waals surface area contributed by atoms with Crippen molar-refractivity contribution in [3.05, 3.63) is 29.3 Å². The van der Waals surface area contributed by atoms with Gasteiger partial charge in [0.1, 0.15) is 0 Å². The van der Waals surface area contributed by atoms with Crippen molar-refractivity contribution < 1.29 is 0 Å². The van der Waals surface area contributed by atoms with E-state index in [2.05, 4.69) is 24.0 Å².